The van der Waals surface area contributed by atoms with Gasteiger partial charge in [0.15, 0.2) is 5.82 Å². The van der Waals surface area contributed by atoms with Crippen molar-refractivity contribution in [1.29, 1.82) is 0 Å². The summed E-state index contributed by atoms with van der Waals surface area (Å²) in [7, 11) is 0. The van der Waals surface area contributed by atoms with E-state index in [-0.39, 0.29) is 24.3 Å². The van der Waals surface area contributed by atoms with Crippen LogP contribution in [0.3, 0.4) is 0 Å². The molecule has 1 aromatic heterocycles. The Morgan fingerprint density at radius 2 is 1.66 bits per heavy atom. The lowest BCUT2D eigenvalue weighted by molar-refractivity contribution is -0.136. The lowest BCUT2D eigenvalue weighted by Gasteiger charge is -2.36. The van der Waals surface area contributed by atoms with Gasteiger partial charge in [0.05, 0.1) is 12.5 Å². The standard InChI is InChI=1S/C24H24N4O4/c1-15-26-21(32-27-15)14-25-23(29)16-10-12-28(13-11-16)24(30)22-17-6-2-4-8-19(17)31-20-9-5-3-7-18(20)22/h2-9,16,22H,10-14H2,1H3,(H,25,29). The number of hydrogen-bond donors (Lipinski definition) is 1. The molecule has 5 rings (SSSR count). The number of hydrogen-bond acceptors (Lipinski definition) is 6. The molecule has 8 heteroatoms. The zero-order valence-electron chi connectivity index (χ0n) is 17.8. The van der Waals surface area contributed by atoms with Crippen LogP contribution >= 0.6 is 0 Å². The van der Waals surface area contributed by atoms with Crippen molar-refractivity contribution in [3.05, 3.63) is 71.4 Å². The van der Waals surface area contributed by atoms with Crippen molar-refractivity contribution < 1.29 is 18.8 Å². The van der Waals surface area contributed by atoms with Crippen LogP contribution in [0, 0.1) is 12.8 Å². The molecule has 0 bridgehead atoms. The maximum absolute atomic E-state index is 13.6. The summed E-state index contributed by atoms with van der Waals surface area (Å²) < 4.78 is 11.1. The lowest BCUT2D eigenvalue weighted by atomic mass is 9.86. The predicted octanol–water partition coefficient (Wildman–Crippen LogP) is 3.17. The van der Waals surface area contributed by atoms with Crippen LogP contribution < -0.4 is 10.1 Å². The second-order valence-electron chi connectivity index (χ2n) is 8.16. The van der Waals surface area contributed by atoms with Gasteiger partial charge in [-0.1, -0.05) is 41.6 Å². The average molecular weight is 432 g/mol. The molecule has 32 heavy (non-hydrogen) atoms. The fraction of sp³-hybridized carbons (Fsp3) is 0.333. The summed E-state index contributed by atoms with van der Waals surface area (Å²) >= 11 is 0. The third kappa shape index (κ3) is 3.84. The Bertz CT molecular complexity index is 1100. The normalized spacial score (nSPS) is 16.1. The van der Waals surface area contributed by atoms with Gasteiger partial charge in [0.25, 0.3) is 0 Å². The molecule has 8 nitrogen and oxygen atoms in total. The van der Waals surface area contributed by atoms with Gasteiger partial charge in [-0.05, 0) is 31.9 Å². The first-order valence-electron chi connectivity index (χ1n) is 10.8. The molecule has 3 heterocycles. The van der Waals surface area contributed by atoms with Gasteiger partial charge < -0.3 is 19.5 Å². The summed E-state index contributed by atoms with van der Waals surface area (Å²) in [6.45, 7) is 3.03. The van der Waals surface area contributed by atoms with E-state index in [0.29, 0.717) is 37.6 Å². The minimum atomic E-state index is -0.401. The van der Waals surface area contributed by atoms with Gasteiger partial charge in [0.1, 0.15) is 11.5 Å². The van der Waals surface area contributed by atoms with Crippen LogP contribution in [-0.4, -0.2) is 39.9 Å². The monoisotopic (exact) mass is 432 g/mol. The molecule has 3 aromatic rings. The van der Waals surface area contributed by atoms with Crippen molar-refractivity contribution in [3.8, 4) is 11.5 Å². The van der Waals surface area contributed by atoms with Crippen LogP contribution in [0.5, 0.6) is 11.5 Å². The number of aromatic nitrogens is 2. The minimum absolute atomic E-state index is 0.0466. The van der Waals surface area contributed by atoms with E-state index >= 15 is 0 Å². The molecule has 2 aromatic carbocycles. The van der Waals surface area contributed by atoms with Gasteiger partial charge in [-0.3, -0.25) is 9.59 Å². The Kier molecular flexibility index (Phi) is 5.34. The van der Waals surface area contributed by atoms with Crippen LogP contribution in [0.15, 0.2) is 53.1 Å². The highest BCUT2D eigenvalue weighted by molar-refractivity contribution is 5.90. The Morgan fingerprint density at radius 3 is 2.25 bits per heavy atom. The first kappa shape index (κ1) is 20.2. The van der Waals surface area contributed by atoms with Crippen molar-refractivity contribution in [3.63, 3.8) is 0 Å². The van der Waals surface area contributed by atoms with Gasteiger partial charge in [-0.2, -0.15) is 4.98 Å². The first-order chi connectivity index (χ1) is 15.6. The number of aryl methyl sites for hydroxylation is 1. The molecule has 1 N–H and O–H groups in total. The molecule has 0 spiro atoms. The Labute approximate surface area is 185 Å². The number of ether oxygens (including phenoxy) is 1. The maximum Gasteiger partial charge on any atom is 0.246 e. The number of benzene rings is 2. The predicted molar refractivity (Wildman–Crippen MR) is 115 cm³/mol. The summed E-state index contributed by atoms with van der Waals surface area (Å²) in [4.78, 5) is 32.1. The van der Waals surface area contributed by atoms with Crippen molar-refractivity contribution in [1.82, 2.24) is 20.4 Å². The number of carbonyl (C=O) groups excluding carboxylic acids is 2. The summed E-state index contributed by atoms with van der Waals surface area (Å²) in [6, 6.07) is 15.4. The Hall–Kier alpha value is -3.68. The molecule has 0 radical (unpaired) electrons. The van der Waals surface area contributed by atoms with Crippen LogP contribution in [0.1, 0.15) is 41.6 Å². The smallest absolute Gasteiger partial charge is 0.246 e. The molecule has 0 saturated carbocycles. The molecule has 1 saturated heterocycles. The van der Waals surface area contributed by atoms with Crippen LogP contribution in [0.4, 0.5) is 0 Å². The Morgan fingerprint density at radius 1 is 1.03 bits per heavy atom. The SMILES string of the molecule is Cc1noc(CNC(=O)C2CCN(C(=O)C3c4ccccc4Oc4ccccc43)CC2)n1. The van der Waals surface area contributed by atoms with Crippen molar-refractivity contribution in [2.24, 2.45) is 5.92 Å². The summed E-state index contributed by atoms with van der Waals surface area (Å²) in [6.07, 6.45) is 1.24. The van der Waals surface area contributed by atoms with Gasteiger partial charge in [0.2, 0.25) is 17.7 Å². The third-order valence-electron chi connectivity index (χ3n) is 6.09. The van der Waals surface area contributed by atoms with E-state index < -0.39 is 5.92 Å². The van der Waals surface area contributed by atoms with E-state index in [2.05, 4.69) is 15.5 Å². The van der Waals surface area contributed by atoms with Crippen LogP contribution in [-0.2, 0) is 16.1 Å². The highest BCUT2D eigenvalue weighted by Gasteiger charge is 2.37. The van der Waals surface area contributed by atoms with Gasteiger partial charge >= 0.3 is 0 Å². The topological polar surface area (TPSA) is 97.6 Å². The molecule has 0 unspecified atom stereocenters. The molecule has 164 valence electrons. The number of fused-ring (bicyclic) bond motifs is 2. The fourth-order valence-electron chi connectivity index (χ4n) is 4.44. The third-order valence-corrected chi connectivity index (χ3v) is 6.09. The number of amides is 2. The molecule has 0 aliphatic carbocycles. The summed E-state index contributed by atoms with van der Waals surface area (Å²) in [5.74, 6) is 1.82. The Balaban J connectivity index is 1.25. The van der Waals surface area contributed by atoms with Crippen LogP contribution in [0.2, 0.25) is 0 Å². The molecular formula is C24H24N4O4. The molecular weight excluding hydrogens is 408 g/mol. The quantitative estimate of drug-likeness (QED) is 0.680. The van der Waals surface area contributed by atoms with Gasteiger partial charge in [0, 0.05) is 30.1 Å². The van der Waals surface area contributed by atoms with Crippen molar-refractivity contribution in [2.75, 3.05) is 13.1 Å². The highest BCUT2D eigenvalue weighted by Crippen LogP contribution is 2.44. The minimum Gasteiger partial charge on any atom is -0.457 e. The summed E-state index contributed by atoms with van der Waals surface area (Å²) in [5.41, 5.74) is 1.76. The number of rotatable bonds is 4. The fourth-order valence-corrected chi connectivity index (χ4v) is 4.44. The molecule has 0 atom stereocenters. The van der Waals surface area contributed by atoms with E-state index in [9.17, 15) is 9.59 Å². The van der Waals surface area contributed by atoms with Gasteiger partial charge in [-0.15, -0.1) is 0 Å². The highest BCUT2D eigenvalue weighted by atomic mass is 16.5. The van der Waals surface area contributed by atoms with E-state index in [4.69, 9.17) is 9.26 Å². The lowest BCUT2D eigenvalue weighted by Crippen LogP contribution is -2.45. The van der Waals surface area contributed by atoms with E-state index in [1.165, 1.54) is 0 Å². The van der Waals surface area contributed by atoms with E-state index in [1.807, 2.05) is 53.4 Å². The second kappa shape index (κ2) is 8.45. The van der Waals surface area contributed by atoms with Crippen molar-refractivity contribution >= 4 is 11.8 Å². The molecule has 2 aliphatic heterocycles. The van der Waals surface area contributed by atoms with Crippen LogP contribution in [0.25, 0.3) is 0 Å². The van der Waals surface area contributed by atoms with Crippen molar-refractivity contribution in [2.45, 2.75) is 32.2 Å². The number of nitrogens with zero attached hydrogens (tertiary/aromatic N) is 3. The van der Waals surface area contributed by atoms with E-state index in [1.54, 1.807) is 6.92 Å². The maximum atomic E-state index is 13.6. The number of para-hydroxylation sites is 2. The van der Waals surface area contributed by atoms with Gasteiger partial charge in [-0.25, -0.2) is 0 Å². The second-order valence-corrected chi connectivity index (χ2v) is 8.16. The molecule has 2 aliphatic rings. The number of likely N-dealkylation sites (tertiary alicyclic amines) is 1. The first-order valence-corrected chi connectivity index (χ1v) is 10.8. The summed E-state index contributed by atoms with van der Waals surface area (Å²) in [5, 5.41) is 6.58. The number of piperidine rings is 1. The number of nitrogens with one attached hydrogen (secondary N) is 1. The zero-order valence-corrected chi connectivity index (χ0v) is 17.8. The van der Waals surface area contributed by atoms with E-state index in [0.717, 1.165) is 22.6 Å². The molecule has 2 amide bonds. The zero-order chi connectivity index (χ0) is 22.1. The largest absolute Gasteiger partial charge is 0.457 e. The average Bonchev–Trinajstić information content (AvgIpc) is 3.25. The molecule has 1 fully saturated rings. The number of carbonyl (C=O) groups is 2.